The van der Waals surface area contributed by atoms with E-state index in [9.17, 15) is 5.11 Å². The Labute approximate surface area is 104 Å². The smallest absolute Gasteiger partial charge is 0.0621 e. The molecule has 0 bridgehead atoms. The molecule has 1 heterocycles. The minimum Gasteiger partial charge on any atom is -0.394 e. The Morgan fingerprint density at radius 1 is 1.12 bits per heavy atom. The summed E-state index contributed by atoms with van der Waals surface area (Å²) in [6.07, 6.45) is 10.6. The van der Waals surface area contributed by atoms with E-state index >= 15 is 0 Å². The first-order valence-electron chi connectivity index (χ1n) is 6.81. The summed E-state index contributed by atoms with van der Waals surface area (Å²) in [4.78, 5) is 0. The average Bonchev–Trinajstić information content (AvgIpc) is 2.59. The lowest BCUT2D eigenvalue weighted by Gasteiger charge is -2.39. The van der Waals surface area contributed by atoms with Crippen LogP contribution in [0.4, 0.5) is 0 Å². The molecule has 0 aromatic carbocycles. The van der Waals surface area contributed by atoms with Crippen molar-refractivity contribution in [2.45, 2.75) is 62.9 Å². The van der Waals surface area contributed by atoms with E-state index in [1.54, 1.807) is 0 Å². The molecule has 1 saturated carbocycles. The van der Waals surface area contributed by atoms with Crippen molar-refractivity contribution in [2.24, 2.45) is 0 Å². The monoisotopic (exact) mass is 243 g/mol. The highest BCUT2D eigenvalue weighted by atomic mass is 32.2. The van der Waals surface area contributed by atoms with Crippen LogP contribution in [0.1, 0.15) is 51.4 Å². The fraction of sp³-hybridized carbons (Fsp3) is 1.00. The van der Waals surface area contributed by atoms with E-state index in [0.29, 0.717) is 12.6 Å². The van der Waals surface area contributed by atoms with Crippen molar-refractivity contribution in [1.29, 1.82) is 0 Å². The summed E-state index contributed by atoms with van der Waals surface area (Å²) in [7, 11) is 0. The van der Waals surface area contributed by atoms with Gasteiger partial charge in [0.05, 0.1) is 12.1 Å². The van der Waals surface area contributed by atoms with Crippen molar-refractivity contribution in [2.75, 3.05) is 18.1 Å². The Morgan fingerprint density at radius 3 is 2.44 bits per heavy atom. The van der Waals surface area contributed by atoms with Crippen LogP contribution in [0.5, 0.6) is 0 Å². The standard InChI is InChI=1S/C13H25NOS/c15-10-13(8-5-9-16-11-13)14-12-6-3-1-2-4-7-12/h12,14-15H,1-11H2. The minimum atomic E-state index is 0.0396. The summed E-state index contributed by atoms with van der Waals surface area (Å²) < 4.78 is 0. The molecule has 2 rings (SSSR count). The zero-order chi connectivity index (χ0) is 11.3. The van der Waals surface area contributed by atoms with Crippen LogP contribution >= 0.6 is 11.8 Å². The van der Waals surface area contributed by atoms with Crippen LogP contribution in [-0.2, 0) is 0 Å². The van der Waals surface area contributed by atoms with Gasteiger partial charge in [-0.25, -0.2) is 0 Å². The molecule has 2 fully saturated rings. The molecule has 1 aliphatic heterocycles. The molecule has 2 aliphatic rings. The number of hydrogen-bond acceptors (Lipinski definition) is 3. The SMILES string of the molecule is OCC1(NC2CCCCCC2)CCCSC1. The number of thioether (sulfide) groups is 1. The van der Waals surface area contributed by atoms with Gasteiger partial charge in [0.15, 0.2) is 0 Å². The molecule has 2 nitrogen and oxygen atoms in total. The molecular formula is C13H25NOS. The highest BCUT2D eigenvalue weighted by Crippen LogP contribution is 2.29. The van der Waals surface area contributed by atoms with Crippen LogP contribution in [-0.4, -0.2) is 34.8 Å². The topological polar surface area (TPSA) is 32.3 Å². The Balaban J connectivity index is 1.88. The van der Waals surface area contributed by atoms with Gasteiger partial charge in [-0.1, -0.05) is 25.7 Å². The second kappa shape index (κ2) is 6.27. The fourth-order valence-corrected chi connectivity index (χ4v) is 4.20. The Morgan fingerprint density at radius 2 is 1.88 bits per heavy atom. The van der Waals surface area contributed by atoms with E-state index in [1.807, 2.05) is 11.8 Å². The lowest BCUT2D eigenvalue weighted by molar-refractivity contribution is 0.149. The quantitative estimate of drug-likeness (QED) is 0.747. The van der Waals surface area contributed by atoms with Crippen molar-refractivity contribution in [3.8, 4) is 0 Å². The molecule has 1 saturated heterocycles. The van der Waals surface area contributed by atoms with Crippen molar-refractivity contribution in [3.63, 3.8) is 0 Å². The van der Waals surface area contributed by atoms with E-state index in [4.69, 9.17) is 0 Å². The van der Waals surface area contributed by atoms with Gasteiger partial charge >= 0.3 is 0 Å². The van der Waals surface area contributed by atoms with Gasteiger partial charge in [0, 0.05) is 11.8 Å². The van der Waals surface area contributed by atoms with Crippen LogP contribution in [0, 0.1) is 0 Å². The molecule has 3 heteroatoms. The summed E-state index contributed by atoms with van der Waals surface area (Å²) in [5.41, 5.74) is 0.0396. The second-order valence-electron chi connectivity index (χ2n) is 5.43. The van der Waals surface area contributed by atoms with Crippen molar-refractivity contribution in [1.82, 2.24) is 5.32 Å². The number of aliphatic hydroxyl groups is 1. The van der Waals surface area contributed by atoms with E-state index in [0.717, 1.165) is 12.2 Å². The first-order chi connectivity index (χ1) is 7.85. The van der Waals surface area contributed by atoms with E-state index in [1.165, 1.54) is 50.7 Å². The van der Waals surface area contributed by atoms with Gasteiger partial charge in [0.25, 0.3) is 0 Å². The molecule has 0 spiro atoms. The van der Waals surface area contributed by atoms with Gasteiger partial charge in [0.2, 0.25) is 0 Å². The zero-order valence-electron chi connectivity index (χ0n) is 10.2. The lowest BCUT2D eigenvalue weighted by atomic mass is 9.93. The minimum absolute atomic E-state index is 0.0396. The van der Waals surface area contributed by atoms with Crippen molar-refractivity contribution < 1.29 is 5.11 Å². The van der Waals surface area contributed by atoms with Gasteiger partial charge in [-0.2, -0.15) is 11.8 Å². The Bertz CT molecular complexity index is 196. The zero-order valence-corrected chi connectivity index (χ0v) is 11.0. The number of nitrogens with one attached hydrogen (secondary N) is 1. The summed E-state index contributed by atoms with van der Waals surface area (Å²) >= 11 is 2.00. The van der Waals surface area contributed by atoms with Crippen LogP contribution in [0.3, 0.4) is 0 Å². The number of rotatable bonds is 3. The van der Waals surface area contributed by atoms with Crippen molar-refractivity contribution >= 4 is 11.8 Å². The molecular weight excluding hydrogens is 218 g/mol. The molecule has 1 aliphatic carbocycles. The third-order valence-corrected chi connectivity index (χ3v) is 5.32. The van der Waals surface area contributed by atoms with Crippen LogP contribution < -0.4 is 5.32 Å². The summed E-state index contributed by atoms with van der Waals surface area (Å²) in [6, 6.07) is 0.661. The Kier molecular flexibility index (Phi) is 4.98. The Hall–Kier alpha value is 0.270. The normalized spacial score (nSPS) is 33.6. The third-order valence-electron chi connectivity index (χ3n) is 3.99. The number of aliphatic hydroxyl groups excluding tert-OH is 1. The van der Waals surface area contributed by atoms with E-state index < -0.39 is 0 Å². The average molecular weight is 243 g/mol. The molecule has 0 amide bonds. The number of hydrogen-bond donors (Lipinski definition) is 2. The maximum absolute atomic E-state index is 9.67. The molecule has 0 aromatic heterocycles. The first kappa shape index (κ1) is 12.7. The van der Waals surface area contributed by atoms with Gasteiger partial charge in [-0.05, 0) is 31.4 Å². The maximum Gasteiger partial charge on any atom is 0.0621 e. The molecule has 1 atom stereocenters. The third kappa shape index (κ3) is 3.38. The summed E-state index contributed by atoms with van der Waals surface area (Å²) in [5.74, 6) is 2.37. The highest BCUT2D eigenvalue weighted by Gasteiger charge is 2.33. The molecule has 2 N–H and O–H groups in total. The predicted molar refractivity (Wildman–Crippen MR) is 71.0 cm³/mol. The highest BCUT2D eigenvalue weighted by molar-refractivity contribution is 7.99. The van der Waals surface area contributed by atoms with Crippen LogP contribution in [0.2, 0.25) is 0 Å². The van der Waals surface area contributed by atoms with Gasteiger partial charge in [0.1, 0.15) is 0 Å². The fourth-order valence-electron chi connectivity index (χ4n) is 2.99. The second-order valence-corrected chi connectivity index (χ2v) is 6.53. The molecule has 94 valence electrons. The van der Waals surface area contributed by atoms with E-state index in [2.05, 4.69) is 5.32 Å². The van der Waals surface area contributed by atoms with Gasteiger partial charge in [-0.15, -0.1) is 0 Å². The predicted octanol–water partition coefficient (Wildman–Crippen LogP) is 2.56. The maximum atomic E-state index is 9.67. The lowest BCUT2D eigenvalue weighted by Crippen LogP contribution is -2.56. The molecule has 1 unspecified atom stereocenters. The first-order valence-corrected chi connectivity index (χ1v) is 7.96. The van der Waals surface area contributed by atoms with Gasteiger partial charge in [-0.3, -0.25) is 0 Å². The largest absolute Gasteiger partial charge is 0.394 e. The van der Waals surface area contributed by atoms with Gasteiger partial charge < -0.3 is 10.4 Å². The summed E-state index contributed by atoms with van der Waals surface area (Å²) in [6.45, 7) is 0.316. The molecule has 0 radical (unpaired) electrons. The summed E-state index contributed by atoms with van der Waals surface area (Å²) in [5, 5.41) is 13.5. The molecule has 0 aromatic rings. The van der Waals surface area contributed by atoms with E-state index in [-0.39, 0.29) is 5.54 Å². The van der Waals surface area contributed by atoms with Crippen molar-refractivity contribution in [3.05, 3.63) is 0 Å². The van der Waals surface area contributed by atoms with Crippen LogP contribution in [0.15, 0.2) is 0 Å². The molecule has 16 heavy (non-hydrogen) atoms. The van der Waals surface area contributed by atoms with Crippen LogP contribution in [0.25, 0.3) is 0 Å².